The molecule has 3 heterocycles. The van der Waals surface area contributed by atoms with Gasteiger partial charge in [-0.2, -0.15) is 0 Å². The Kier molecular flexibility index (Phi) is 5.76. The SMILES string of the molecule is Fc1cc(I)ccc1Nc1cnccc1-c1nnc(NN2CCOCC2)s1. The van der Waals surface area contributed by atoms with E-state index in [4.69, 9.17) is 4.74 Å². The van der Waals surface area contributed by atoms with Gasteiger partial charge in [0.2, 0.25) is 5.13 Å². The maximum atomic E-state index is 14.2. The zero-order valence-electron chi connectivity index (χ0n) is 14.2. The molecule has 4 rings (SSSR count). The van der Waals surface area contributed by atoms with Gasteiger partial charge in [0.25, 0.3) is 0 Å². The number of hydrazine groups is 1. The fraction of sp³-hybridized carbons (Fsp3) is 0.235. The number of benzene rings is 1. The summed E-state index contributed by atoms with van der Waals surface area (Å²) < 4.78 is 20.4. The maximum Gasteiger partial charge on any atom is 0.220 e. The van der Waals surface area contributed by atoms with Crippen molar-refractivity contribution in [1.82, 2.24) is 20.2 Å². The molecule has 1 fully saturated rings. The third-order valence-corrected chi connectivity index (χ3v) is 5.47. The van der Waals surface area contributed by atoms with E-state index in [1.165, 1.54) is 17.4 Å². The smallest absolute Gasteiger partial charge is 0.220 e. The third-order valence-electron chi connectivity index (χ3n) is 3.94. The number of rotatable bonds is 5. The second-order valence-electron chi connectivity index (χ2n) is 5.79. The standard InChI is InChI=1S/C17H16FIN6OS/c18-13-9-11(19)1-2-14(13)21-15-10-20-4-3-12(15)16-22-23-17(27-16)24-25-5-7-26-8-6-25/h1-4,9-10,21H,5-8H2,(H,23,24). The molecule has 0 saturated carbocycles. The normalized spacial score (nSPS) is 14.9. The summed E-state index contributed by atoms with van der Waals surface area (Å²) in [5.41, 5.74) is 5.13. The van der Waals surface area contributed by atoms with Crippen LogP contribution in [0.1, 0.15) is 0 Å². The van der Waals surface area contributed by atoms with E-state index in [9.17, 15) is 4.39 Å². The minimum Gasteiger partial charge on any atom is -0.379 e. The number of halogens is 2. The number of aromatic nitrogens is 3. The Labute approximate surface area is 173 Å². The van der Waals surface area contributed by atoms with E-state index in [2.05, 4.69) is 53.5 Å². The Bertz CT molecular complexity index is 933. The third kappa shape index (κ3) is 4.51. The summed E-state index contributed by atoms with van der Waals surface area (Å²) in [6.07, 6.45) is 3.34. The molecule has 1 aliphatic rings. The molecule has 0 atom stereocenters. The zero-order valence-corrected chi connectivity index (χ0v) is 17.1. The second kappa shape index (κ2) is 8.42. The van der Waals surface area contributed by atoms with Gasteiger partial charge in [0.05, 0.1) is 30.8 Å². The van der Waals surface area contributed by atoms with Crippen LogP contribution in [-0.4, -0.2) is 46.5 Å². The molecular formula is C17H16FIN6OS. The van der Waals surface area contributed by atoms with Gasteiger partial charge in [-0.25, -0.2) is 9.40 Å². The number of ether oxygens (including phenoxy) is 1. The van der Waals surface area contributed by atoms with Crippen LogP contribution in [0.4, 0.5) is 20.9 Å². The Morgan fingerprint density at radius 1 is 1.15 bits per heavy atom. The minimum atomic E-state index is -0.316. The molecule has 1 aliphatic heterocycles. The lowest BCUT2D eigenvalue weighted by atomic mass is 10.2. The van der Waals surface area contributed by atoms with E-state index in [0.29, 0.717) is 29.7 Å². The van der Waals surface area contributed by atoms with Crippen LogP contribution >= 0.6 is 33.9 Å². The van der Waals surface area contributed by atoms with Crippen molar-refractivity contribution in [2.45, 2.75) is 0 Å². The van der Waals surface area contributed by atoms with Gasteiger partial charge in [-0.15, -0.1) is 10.2 Å². The van der Waals surface area contributed by atoms with Gasteiger partial charge in [-0.05, 0) is 46.9 Å². The summed E-state index contributed by atoms with van der Waals surface area (Å²) in [6.45, 7) is 2.98. The Morgan fingerprint density at radius 2 is 2.00 bits per heavy atom. The van der Waals surface area contributed by atoms with E-state index in [0.717, 1.165) is 27.2 Å². The fourth-order valence-corrected chi connectivity index (χ4v) is 3.87. The second-order valence-corrected chi connectivity index (χ2v) is 8.02. The van der Waals surface area contributed by atoms with Crippen molar-refractivity contribution < 1.29 is 9.13 Å². The average molecular weight is 498 g/mol. The van der Waals surface area contributed by atoms with Crippen LogP contribution in [0.2, 0.25) is 0 Å². The summed E-state index contributed by atoms with van der Waals surface area (Å²) >= 11 is 3.51. The van der Waals surface area contributed by atoms with Crippen molar-refractivity contribution in [2.24, 2.45) is 0 Å². The van der Waals surface area contributed by atoms with Crippen molar-refractivity contribution in [3.63, 3.8) is 0 Å². The molecule has 0 amide bonds. The lowest BCUT2D eigenvalue weighted by Crippen LogP contribution is -2.40. The predicted octanol–water partition coefficient (Wildman–Crippen LogP) is 3.75. The van der Waals surface area contributed by atoms with Crippen LogP contribution in [0.25, 0.3) is 10.6 Å². The molecule has 10 heteroatoms. The summed E-state index contributed by atoms with van der Waals surface area (Å²) in [5, 5.41) is 15.1. The van der Waals surface area contributed by atoms with Crippen molar-refractivity contribution in [3.05, 3.63) is 46.0 Å². The molecule has 0 unspecified atom stereocenters. The number of pyridine rings is 1. The van der Waals surface area contributed by atoms with Crippen LogP contribution in [0.15, 0.2) is 36.7 Å². The summed E-state index contributed by atoms with van der Waals surface area (Å²) in [5.74, 6) is -0.316. The molecule has 2 aromatic heterocycles. The highest BCUT2D eigenvalue weighted by Gasteiger charge is 2.16. The van der Waals surface area contributed by atoms with Gasteiger partial charge in [0, 0.05) is 28.4 Å². The van der Waals surface area contributed by atoms with Gasteiger partial charge in [0.1, 0.15) is 5.82 Å². The highest BCUT2D eigenvalue weighted by molar-refractivity contribution is 14.1. The molecule has 0 spiro atoms. The molecule has 1 aromatic carbocycles. The Morgan fingerprint density at radius 3 is 2.81 bits per heavy atom. The van der Waals surface area contributed by atoms with Gasteiger partial charge in [0.15, 0.2) is 5.01 Å². The van der Waals surface area contributed by atoms with Crippen LogP contribution < -0.4 is 10.7 Å². The molecule has 140 valence electrons. The quantitative estimate of drug-likeness (QED) is 0.520. The van der Waals surface area contributed by atoms with Crippen LogP contribution in [0.5, 0.6) is 0 Å². The molecule has 0 aliphatic carbocycles. The Hall–Kier alpha value is -1.89. The first-order valence-electron chi connectivity index (χ1n) is 8.28. The van der Waals surface area contributed by atoms with Crippen LogP contribution in [0.3, 0.4) is 0 Å². The summed E-state index contributed by atoms with van der Waals surface area (Å²) in [6, 6.07) is 6.87. The van der Waals surface area contributed by atoms with Crippen LogP contribution in [0, 0.1) is 9.39 Å². The minimum absolute atomic E-state index is 0.316. The first-order valence-corrected chi connectivity index (χ1v) is 10.2. The fourth-order valence-electron chi connectivity index (χ4n) is 2.60. The van der Waals surface area contributed by atoms with Gasteiger partial charge in [-0.3, -0.25) is 10.4 Å². The lowest BCUT2D eigenvalue weighted by molar-refractivity contribution is 0.0496. The van der Waals surface area contributed by atoms with Gasteiger partial charge < -0.3 is 10.1 Å². The highest BCUT2D eigenvalue weighted by atomic mass is 127. The first kappa shape index (κ1) is 18.5. The number of morpholine rings is 1. The Balaban J connectivity index is 1.55. The van der Waals surface area contributed by atoms with Crippen molar-refractivity contribution in [3.8, 4) is 10.6 Å². The number of nitrogens with zero attached hydrogens (tertiary/aromatic N) is 4. The van der Waals surface area contributed by atoms with Gasteiger partial charge >= 0.3 is 0 Å². The first-order chi connectivity index (χ1) is 13.2. The van der Waals surface area contributed by atoms with E-state index in [1.54, 1.807) is 18.5 Å². The molecule has 3 aromatic rings. The number of hydrogen-bond donors (Lipinski definition) is 2. The molecule has 0 bridgehead atoms. The largest absolute Gasteiger partial charge is 0.379 e. The van der Waals surface area contributed by atoms with E-state index < -0.39 is 0 Å². The number of hydrogen-bond acceptors (Lipinski definition) is 8. The molecule has 27 heavy (non-hydrogen) atoms. The molecule has 7 nitrogen and oxygen atoms in total. The van der Waals surface area contributed by atoms with Crippen molar-refractivity contribution in [2.75, 3.05) is 37.0 Å². The highest BCUT2D eigenvalue weighted by Crippen LogP contribution is 2.33. The van der Waals surface area contributed by atoms with Gasteiger partial charge in [-0.1, -0.05) is 11.3 Å². The van der Waals surface area contributed by atoms with Crippen molar-refractivity contribution in [1.29, 1.82) is 0 Å². The summed E-state index contributed by atoms with van der Waals surface area (Å²) in [4.78, 5) is 4.15. The molecule has 0 radical (unpaired) electrons. The van der Waals surface area contributed by atoms with E-state index in [1.807, 2.05) is 12.1 Å². The lowest BCUT2D eigenvalue weighted by Gasteiger charge is -2.26. The zero-order chi connectivity index (χ0) is 18.6. The van der Waals surface area contributed by atoms with Crippen molar-refractivity contribution >= 4 is 50.4 Å². The number of anilines is 3. The summed E-state index contributed by atoms with van der Waals surface area (Å²) in [7, 11) is 0. The van der Waals surface area contributed by atoms with E-state index in [-0.39, 0.29) is 5.82 Å². The monoisotopic (exact) mass is 498 g/mol. The predicted molar refractivity (Wildman–Crippen MR) is 112 cm³/mol. The maximum absolute atomic E-state index is 14.2. The van der Waals surface area contributed by atoms with E-state index >= 15 is 0 Å². The molecule has 2 N–H and O–H groups in total. The average Bonchev–Trinajstić information content (AvgIpc) is 3.13. The molecular weight excluding hydrogens is 482 g/mol. The topological polar surface area (TPSA) is 75.2 Å². The number of nitrogens with one attached hydrogen (secondary N) is 2. The molecule has 1 saturated heterocycles. The van der Waals surface area contributed by atoms with Crippen LogP contribution in [-0.2, 0) is 4.74 Å².